The van der Waals surface area contributed by atoms with Gasteiger partial charge in [-0.25, -0.2) is 0 Å². The molecule has 0 aromatic heterocycles. The van der Waals surface area contributed by atoms with Crippen LogP contribution >= 0.6 is 0 Å². The Bertz CT molecular complexity index is 477. The molecular weight excluding hydrogens is 240 g/mol. The van der Waals surface area contributed by atoms with E-state index >= 15 is 0 Å². The van der Waals surface area contributed by atoms with Gasteiger partial charge in [0.25, 0.3) is 0 Å². The van der Waals surface area contributed by atoms with E-state index in [0.717, 1.165) is 0 Å². The van der Waals surface area contributed by atoms with Crippen LogP contribution in [-0.2, 0) is 5.41 Å². The van der Waals surface area contributed by atoms with Crippen LogP contribution in [-0.4, -0.2) is 0 Å². The molecule has 0 heteroatoms. The summed E-state index contributed by atoms with van der Waals surface area (Å²) in [6.45, 7) is 9.95. The Morgan fingerprint density at radius 1 is 0.800 bits per heavy atom. The van der Waals surface area contributed by atoms with Gasteiger partial charge >= 0.3 is 0 Å². The Labute approximate surface area is 123 Å². The standard InChI is InChI=1S/C15H16.C5H8/c1-15(2,13-9-5-3-6-10-13)14-11-7-4-8-12-14;1-3-5-4-2/h3-12H,1-2H3;3-5H,1H2,2H3/b;5-4-. The second-order valence-electron chi connectivity index (χ2n) is 5.12. The van der Waals surface area contributed by atoms with Gasteiger partial charge in [0.05, 0.1) is 0 Å². The van der Waals surface area contributed by atoms with Crippen molar-refractivity contribution in [1.29, 1.82) is 0 Å². The summed E-state index contributed by atoms with van der Waals surface area (Å²) in [7, 11) is 0. The number of hydrogen-bond acceptors (Lipinski definition) is 0. The van der Waals surface area contributed by atoms with Crippen molar-refractivity contribution in [3.05, 3.63) is 96.6 Å². The molecular formula is C20H24. The fraction of sp³-hybridized carbons (Fsp3) is 0.200. The lowest BCUT2D eigenvalue weighted by Crippen LogP contribution is -2.18. The Morgan fingerprint density at radius 2 is 1.20 bits per heavy atom. The highest BCUT2D eigenvalue weighted by Crippen LogP contribution is 2.30. The molecule has 20 heavy (non-hydrogen) atoms. The van der Waals surface area contributed by atoms with Gasteiger partial charge in [-0.2, -0.15) is 0 Å². The first-order valence-electron chi connectivity index (χ1n) is 6.97. The zero-order chi connectivity index (χ0) is 14.8. The molecule has 0 atom stereocenters. The van der Waals surface area contributed by atoms with E-state index in [-0.39, 0.29) is 5.41 Å². The second kappa shape index (κ2) is 8.16. The minimum Gasteiger partial charge on any atom is -0.0991 e. The summed E-state index contributed by atoms with van der Waals surface area (Å²) in [4.78, 5) is 0. The maximum Gasteiger partial charge on any atom is 0.0146 e. The van der Waals surface area contributed by atoms with Gasteiger partial charge in [-0.05, 0) is 18.1 Å². The van der Waals surface area contributed by atoms with Gasteiger partial charge in [0, 0.05) is 5.41 Å². The largest absolute Gasteiger partial charge is 0.0991 e. The van der Waals surface area contributed by atoms with Gasteiger partial charge in [-0.3, -0.25) is 0 Å². The van der Waals surface area contributed by atoms with E-state index in [2.05, 4.69) is 81.1 Å². The fourth-order valence-electron chi connectivity index (χ4n) is 2.01. The summed E-state index contributed by atoms with van der Waals surface area (Å²) in [5.74, 6) is 0. The molecule has 0 aliphatic carbocycles. The van der Waals surface area contributed by atoms with Crippen LogP contribution in [0.25, 0.3) is 0 Å². The van der Waals surface area contributed by atoms with E-state index in [1.54, 1.807) is 6.08 Å². The molecule has 0 unspecified atom stereocenters. The highest BCUT2D eigenvalue weighted by atomic mass is 14.2. The van der Waals surface area contributed by atoms with E-state index in [1.165, 1.54) is 11.1 Å². The minimum absolute atomic E-state index is 0.0858. The fourth-order valence-corrected chi connectivity index (χ4v) is 2.01. The van der Waals surface area contributed by atoms with Gasteiger partial charge in [0.1, 0.15) is 0 Å². The number of benzene rings is 2. The predicted octanol–water partition coefficient (Wildman–Crippen LogP) is 5.76. The zero-order valence-corrected chi connectivity index (χ0v) is 12.7. The van der Waals surface area contributed by atoms with Crippen molar-refractivity contribution in [2.24, 2.45) is 0 Å². The predicted molar refractivity (Wildman–Crippen MR) is 90.0 cm³/mol. The highest BCUT2D eigenvalue weighted by Gasteiger charge is 2.21. The third kappa shape index (κ3) is 4.55. The monoisotopic (exact) mass is 264 g/mol. The third-order valence-electron chi connectivity index (χ3n) is 3.32. The maximum atomic E-state index is 3.46. The lowest BCUT2D eigenvalue weighted by molar-refractivity contribution is 0.641. The number of rotatable bonds is 3. The normalized spacial score (nSPS) is 10.8. The van der Waals surface area contributed by atoms with Gasteiger partial charge < -0.3 is 0 Å². The van der Waals surface area contributed by atoms with Crippen LogP contribution in [0.2, 0.25) is 0 Å². The van der Waals surface area contributed by atoms with Crippen molar-refractivity contribution >= 4 is 0 Å². The molecule has 2 aromatic carbocycles. The highest BCUT2D eigenvalue weighted by molar-refractivity contribution is 5.36. The molecule has 0 aliphatic heterocycles. The smallest absolute Gasteiger partial charge is 0.0146 e. The van der Waals surface area contributed by atoms with E-state index in [1.807, 2.05) is 19.1 Å². The van der Waals surface area contributed by atoms with Crippen LogP contribution in [0.5, 0.6) is 0 Å². The Balaban J connectivity index is 0.000000347. The van der Waals surface area contributed by atoms with Crippen molar-refractivity contribution < 1.29 is 0 Å². The quantitative estimate of drug-likeness (QED) is 0.618. The lowest BCUT2D eigenvalue weighted by atomic mass is 9.78. The SMILES string of the molecule is C=C/C=C\C.CC(C)(c1ccccc1)c1ccccc1. The average molecular weight is 264 g/mol. The molecule has 0 aliphatic rings. The van der Waals surface area contributed by atoms with Crippen LogP contribution < -0.4 is 0 Å². The molecule has 0 nitrogen and oxygen atoms in total. The topological polar surface area (TPSA) is 0 Å². The molecule has 0 fully saturated rings. The summed E-state index contributed by atoms with van der Waals surface area (Å²) in [5, 5.41) is 0. The molecule has 2 aromatic rings. The van der Waals surface area contributed by atoms with Gasteiger partial charge in [-0.15, -0.1) is 0 Å². The summed E-state index contributed by atoms with van der Waals surface area (Å²) in [5.41, 5.74) is 2.80. The molecule has 0 heterocycles. The van der Waals surface area contributed by atoms with E-state index in [9.17, 15) is 0 Å². The van der Waals surface area contributed by atoms with Crippen molar-refractivity contribution in [1.82, 2.24) is 0 Å². The Kier molecular flexibility index (Phi) is 6.52. The van der Waals surface area contributed by atoms with Gasteiger partial charge in [0.2, 0.25) is 0 Å². The molecule has 0 radical (unpaired) electrons. The molecule has 0 saturated heterocycles. The van der Waals surface area contributed by atoms with Crippen LogP contribution in [0.4, 0.5) is 0 Å². The molecule has 0 spiro atoms. The summed E-state index contributed by atoms with van der Waals surface area (Å²) >= 11 is 0. The van der Waals surface area contributed by atoms with Crippen molar-refractivity contribution in [3.8, 4) is 0 Å². The average Bonchev–Trinajstić information content (AvgIpc) is 2.50. The first-order valence-corrected chi connectivity index (χ1v) is 6.97. The van der Waals surface area contributed by atoms with Crippen LogP contribution in [0.15, 0.2) is 85.5 Å². The molecule has 2 rings (SSSR count). The van der Waals surface area contributed by atoms with Gasteiger partial charge in [-0.1, -0.05) is 99.3 Å². The van der Waals surface area contributed by atoms with Crippen LogP contribution in [0.3, 0.4) is 0 Å². The summed E-state index contributed by atoms with van der Waals surface area (Å²) in [6, 6.07) is 21.3. The summed E-state index contributed by atoms with van der Waals surface area (Å²) < 4.78 is 0. The first kappa shape index (κ1) is 16.0. The third-order valence-corrected chi connectivity index (χ3v) is 3.32. The van der Waals surface area contributed by atoms with E-state index in [0.29, 0.717) is 0 Å². The molecule has 0 saturated carbocycles. The number of hydrogen-bond donors (Lipinski definition) is 0. The van der Waals surface area contributed by atoms with Crippen molar-refractivity contribution in [2.75, 3.05) is 0 Å². The molecule has 0 amide bonds. The minimum atomic E-state index is 0.0858. The Morgan fingerprint density at radius 3 is 1.45 bits per heavy atom. The number of allylic oxidation sites excluding steroid dienone is 3. The Hall–Kier alpha value is -2.08. The van der Waals surface area contributed by atoms with Crippen molar-refractivity contribution in [3.63, 3.8) is 0 Å². The van der Waals surface area contributed by atoms with Gasteiger partial charge in [0.15, 0.2) is 0 Å². The maximum absolute atomic E-state index is 3.46. The van der Waals surface area contributed by atoms with Crippen LogP contribution in [0.1, 0.15) is 31.9 Å². The molecule has 0 bridgehead atoms. The molecule has 0 N–H and O–H groups in total. The first-order chi connectivity index (χ1) is 9.62. The second-order valence-corrected chi connectivity index (χ2v) is 5.12. The lowest BCUT2D eigenvalue weighted by Gasteiger charge is -2.25. The summed E-state index contributed by atoms with van der Waals surface area (Å²) in [6.07, 6.45) is 5.58. The van der Waals surface area contributed by atoms with E-state index < -0.39 is 0 Å². The van der Waals surface area contributed by atoms with Crippen LogP contribution in [0, 0.1) is 0 Å². The molecule has 104 valence electrons. The van der Waals surface area contributed by atoms with Crippen molar-refractivity contribution in [2.45, 2.75) is 26.2 Å². The van der Waals surface area contributed by atoms with E-state index in [4.69, 9.17) is 0 Å². The zero-order valence-electron chi connectivity index (χ0n) is 12.7.